The molecule has 0 aliphatic heterocycles. The molecule has 0 rings (SSSR count). The Morgan fingerprint density at radius 2 is 0.960 bits per heavy atom. The SMILES string of the molecule is C=COCCOCCOCCOCCOCCOCCOS(C)(=O)=O. The third kappa shape index (κ3) is 23.2. The van der Waals surface area contributed by atoms with Crippen LogP contribution in [0.2, 0.25) is 0 Å². The molecule has 0 fully saturated rings. The minimum absolute atomic E-state index is 0.00951. The van der Waals surface area contributed by atoms with E-state index >= 15 is 0 Å². The van der Waals surface area contributed by atoms with Crippen molar-refractivity contribution in [1.29, 1.82) is 0 Å². The molecule has 0 spiro atoms. The highest BCUT2D eigenvalue weighted by molar-refractivity contribution is 7.85. The molecule has 0 saturated heterocycles. The van der Waals surface area contributed by atoms with Crippen LogP contribution in [0.15, 0.2) is 12.8 Å². The summed E-state index contributed by atoms with van der Waals surface area (Å²) in [5.74, 6) is 0. The van der Waals surface area contributed by atoms with Gasteiger partial charge in [-0.15, -0.1) is 0 Å². The van der Waals surface area contributed by atoms with Gasteiger partial charge in [-0.3, -0.25) is 4.18 Å². The summed E-state index contributed by atoms with van der Waals surface area (Å²) in [4.78, 5) is 0. The molecule has 25 heavy (non-hydrogen) atoms. The molecule has 0 aromatic heterocycles. The van der Waals surface area contributed by atoms with Gasteiger partial charge in [-0.05, 0) is 0 Å². The minimum atomic E-state index is -3.40. The minimum Gasteiger partial charge on any atom is -0.499 e. The molecule has 0 aromatic carbocycles. The van der Waals surface area contributed by atoms with Gasteiger partial charge in [0.05, 0.1) is 85.2 Å². The maximum Gasteiger partial charge on any atom is 0.264 e. The van der Waals surface area contributed by atoms with Crippen molar-refractivity contribution in [2.24, 2.45) is 0 Å². The molecule has 9 nitrogen and oxygen atoms in total. The molecule has 0 aliphatic carbocycles. The molecule has 0 unspecified atom stereocenters. The summed E-state index contributed by atoms with van der Waals surface area (Å²) in [5, 5.41) is 0. The smallest absolute Gasteiger partial charge is 0.264 e. The third-order valence-electron chi connectivity index (χ3n) is 2.48. The predicted octanol–water partition coefficient (Wildman–Crippen LogP) is 0.206. The Hall–Kier alpha value is -0.750. The first-order valence-corrected chi connectivity index (χ1v) is 9.83. The van der Waals surface area contributed by atoms with Gasteiger partial charge in [-0.25, -0.2) is 0 Å². The molecule has 10 heteroatoms. The fourth-order valence-electron chi connectivity index (χ4n) is 1.42. The lowest BCUT2D eigenvalue weighted by atomic mass is 10.7. The van der Waals surface area contributed by atoms with E-state index in [1.165, 1.54) is 6.26 Å². The summed E-state index contributed by atoms with van der Waals surface area (Å²) >= 11 is 0. The second-order valence-electron chi connectivity index (χ2n) is 4.63. The van der Waals surface area contributed by atoms with E-state index in [2.05, 4.69) is 10.8 Å². The van der Waals surface area contributed by atoms with E-state index in [1.54, 1.807) is 0 Å². The van der Waals surface area contributed by atoms with E-state index in [4.69, 9.17) is 28.4 Å². The van der Waals surface area contributed by atoms with Crippen LogP contribution in [0.25, 0.3) is 0 Å². The number of hydrogen-bond acceptors (Lipinski definition) is 9. The largest absolute Gasteiger partial charge is 0.499 e. The first kappa shape index (κ1) is 24.2. The zero-order valence-corrected chi connectivity index (χ0v) is 15.7. The van der Waals surface area contributed by atoms with Crippen LogP contribution < -0.4 is 0 Å². The average molecular weight is 386 g/mol. The van der Waals surface area contributed by atoms with Crippen molar-refractivity contribution < 1.29 is 41.0 Å². The molecule has 0 aliphatic rings. The van der Waals surface area contributed by atoms with Crippen LogP contribution in [0.4, 0.5) is 0 Å². The molecule has 0 bridgehead atoms. The summed E-state index contributed by atoms with van der Waals surface area (Å²) in [7, 11) is -3.40. The number of rotatable bonds is 20. The Kier molecular flexibility index (Phi) is 17.5. The maximum absolute atomic E-state index is 10.7. The molecule has 0 heterocycles. The van der Waals surface area contributed by atoms with Gasteiger partial charge in [-0.2, -0.15) is 8.42 Å². The van der Waals surface area contributed by atoms with Crippen LogP contribution in [0.5, 0.6) is 0 Å². The van der Waals surface area contributed by atoms with Crippen molar-refractivity contribution in [2.75, 3.05) is 85.5 Å². The van der Waals surface area contributed by atoms with Crippen molar-refractivity contribution >= 4 is 10.1 Å². The van der Waals surface area contributed by atoms with Crippen molar-refractivity contribution in [1.82, 2.24) is 0 Å². The van der Waals surface area contributed by atoms with Crippen molar-refractivity contribution in [3.63, 3.8) is 0 Å². The van der Waals surface area contributed by atoms with E-state index in [1.807, 2.05) is 0 Å². The van der Waals surface area contributed by atoms with E-state index < -0.39 is 10.1 Å². The van der Waals surface area contributed by atoms with Gasteiger partial charge in [0, 0.05) is 0 Å². The fraction of sp³-hybridized carbons (Fsp3) is 0.867. The molecule has 0 radical (unpaired) electrons. The summed E-state index contributed by atoms with van der Waals surface area (Å²) in [6.07, 6.45) is 2.38. The maximum atomic E-state index is 10.7. The van der Waals surface area contributed by atoms with Gasteiger partial charge in [-0.1, -0.05) is 6.58 Å². The predicted molar refractivity (Wildman–Crippen MR) is 91.0 cm³/mol. The topological polar surface area (TPSA) is 98.8 Å². The number of ether oxygens (including phenoxy) is 6. The average Bonchev–Trinajstić information content (AvgIpc) is 2.56. The first-order valence-electron chi connectivity index (χ1n) is 8.02. The second-order valence-corrected chi connectivity index (χ2v) is 6.27. The zero-order chi connectivity index (χ0) is 18.6. The van der Waals surface area contributed by atoms with Gasteiger partial charge in [0.1, 0.15) is 6.61 Å². The van der Waals surface area contributed by atoms with Gasteiger partial charge in [0.15, 0.2) is 0 Å². The second kappa shape index (κ2) is 18.1. The van der Waals surface area contributed by atoms with Crippen LogP contribution in [0, 0.1) is 0 Å². The summed E-state index contributed by atoms with van der Waals surface area (Å²) in [6, 6.07) is 0. The van der Waals surface area contributed by atoms with Crippen molar-refractivity contribution in [2.45, 2.75) is 0 Å². The highest BCUT2D eigenvalue weighted by Gasteiger charge is 2.00. The molecule has 0 saturated carbocycles. The van der Waals surface area contributed by atoms with Crippen molar-refractivity contribution in [3.05, 3.63) is 12.8 Å². The van der Waals surface area contributed by atoms with Gasteiger partial charge in [0.25, 0.3) is 10.1 Å². The molecule has 0 amide bonds. The lowest BCUT2D eigenvalue weighted by Crippen LogP contribution is -2.15. The van der Waals surface area contributed by atoms with Gasteiger partial charge in [0.2, 0.25) is 0 Å². The van der Waals surface area contributed by atoms with Crippen LogP contribution in [-0.2, 0) is 42.7 Å². The molecule has 0 aromatic rings. The lowest BCUT2D eigenvalue weighted by Gasteiger charge is -2.08. The quantitative estimate of drug-likeness (QED) is 0.165. The number of hydrogen-bond donors (Lipinski definition) is 0. The Bertz CT molecular complexity index is 386. The third-order valence-corrected chi connectivity index (χ3v) is 3.07. The first-order chi connectivity index (χ1) is 12.1. The van der Waals surface area contributed by atoms with E-state index in [0.29, 0.717) is 66.1 Å². The summed E-state index contributed by atoms with van der Waals surface area (Å²) < 4.78 is 57.1. The van der Waals surface area contributed by atoms with Crippen LogP contribution in [-0.4, -0.2) is 94.0 Å². The molecule has 0 N–H and O–H groups in total. The molecule has 0 atom stereocenters. The zero-order valence-electron chi connectivity index (χ0n) is 14.9. The summed E-state index contributed by atoms with van der Waals surface area (Å²) in [6.45, 7) is 8.35. The normalized spacial score (nSPS) is 11.6. The van der Waals surface area contributed by atoms with Gasteiger partial charge < -0.3 is 28.4 Å². The van der Waals surface area contributed by atoms with Crippen LogP contribution in [0.1, 0.15) is 0 Å². The summed E-state index contributed by atoms with van der Waals surface area (Å²) in [5.41, 5.74) is 0. The molecular formula is C15H30O9S. The van der Waals surface area contributed by atoms with E-state index in [-0.39, 0.29) is 13.2 Å². The Morgan fingerprint density at radius 1 is 0.640 bits per heavy atom. The Labute approximate surface area is 150 Å². The lowest BCUT2D eigenvalue weighted by molar-refractivity contribution is -0.0149. The molecule has 150 valence electrons. The van der Waals surface area contributed by atoms with Crippen molar-refractivity contribution in [3.8, 4) is 0 Å². The van der Waals surface area contributed by atoms with E-state index in [9.17, 15) is 8.42 Å². The van der Waals surface area contributed by atoms with Crippen LogP contribution in [0.3, 0.4) is 0 Å². The standard InChI is InChI=1S/C15H30O9S/c1-3-18-4-5-19-6-7-20-8-9-21-10-11-22-12-13-23-14-15-24-25(2,16)17/h3H,1,4-15H2,2H3. The highest BCUT2D eigenvalue weighted by Crippen LogP contribution is 1.87. The van der Waals surface area contributed by atoms with E-state index in [0.717, 1.165) is 6.26 Å². The van der Waals surface area contributed by atoms with Crippen LogP contribution >= 0.6 is 0 Å². The monoisotopic (exact) mass is 386 g/mol. The highest BCUT2D eigenvalue weighted by atomic mass is 32.2. The fourth-order valence-corrected chi connectivity index (χ4v) is 1.79. The Morgan fingerprint density at radius 3 is 1.28 bits per heavy atom. The Balaban J connectivity index is 3.04. The van der Waals surface area contributed by atoms with Gasteiger partial charge >= 0.3 is 0 Å². The molecular weight excluding hydrogens is 356 g/mol.